The van der Waals surface area contributed by atoms with Crippen molar-refractivity contribution in [2.75, 3.05) is 0 Å². The van der Waals surface area contributed by atoms with Crippen LogP contribution in [0.2, 0.25) is 0 Å². The fraction of sp³-hybridized carbons (Fsp3) is 0.125. The van der Waals surface area contributed by atoms with Gasteiger partial charge in [-0.2, -0.15) is 5.26 Å². The van der Waals surface area contributed by atoms with Crippen LogP contribution < -0.4 is 5.73 Å². The van der Waals surface area contributed by atoms with E-state index in [1.807, 2.05) is 0 Å². The second kappa shape index (κ2) is 3.20. The smallest absolute Gasteiger partial charge is 0.123 e. The zero-order valence-corrected chi connectivity index (χ0v) is 6.16. The minimum Gasteiger partial charge on any atom is -0.508 e. The maximum absolute atomic E-state index is 12.6. The summed E-state index contributed by atoms with van der Waals surface area (Å²) < 4.78 is 12.6. The SMILES string of the molecule is N#CC(N)c1cc(F)ccc1O. The summed E-state index contributed by atoms with van der Waals surface area (Å²) in [5.41, 5.74) is 5.39. The Hall–Kier alpha value is -1.60. The largest absolute Gasteiger partial charge is 0.508 e. The molecular weight excluding hydrogens is 159 g/mol. The highest BCUT2D eigenvalue weighted by atomic mass is 19.1. The van der Waals surface area contributed by atoms with Gasteiger partial charge in [-0.15, -0.1) is 0 Å². The van der Waals surface area contributed by atoms with Crippen molar-refractivity contribution in [2.24, 2.45) is 5.73 Å². The first-order valence-electron chi connectivity index (χ1n) is 3.28. The monoisotopic (exact) mass is 166 g/mol. The highest BCUT2D eigenvalue weighted by Gasteiger charge is 2.10. The summed E-state index contributed by atoms with van der Waals surface area (Å²) in [5, 5.41) is 17.5. The van der Waals surface area contributed by atoms with Crippen molar-refractivity contribution < 1.29 is 9.50 Å². The van der Waals surface area contributed by atoms with Gasteiger partial charge in [0.15, 0.2) is 0 Å². The Morgan fingerprint density at radius 1 is 1.58 bits per heavy atom. The number of halogens is 1. The zero-order valence-electron chi connectivity index (χ0n) is 6.16. The van der Waals surface area contributed by atoms with E-state index in [0.717, 1.165) is 12.1 Å². The molecule has 0 saturated heterocycles. The number of nitrogens with zero attached hydrogens (tertiary/aromatic N) is 1. The lowest BCUT2D eigenvalue weighted by atomic mass is 10.1. The van der Waals surface area contributed by atoms with Crippen molar-refractivity contribution in [3.05, 3.63) is 29.6 Å². The predicted molar refractivity (Wildman–Crippen MR) is 40.6 cm³/mol. The number of nitrogens with two attached hydrogens (primary N) is 1. The average molecular weight is 166 g/mol. The molecule has 0 aliphatic rings. The molecule has 0 aliphatic heterocycles. The Morgan fingerprint density at radius 2 is 2.25 bits per heavy atom. The van der Waals surface area contributed by atoms with Crippen LogP contribution in [-0.2, 0) is 0 Å². The first-order valence-corrected chi connectivity index (χ1v) is 3.28. The third-order valence-electron chi connectivity index (χ3n) is 1.46. The third-order valence-corrected chi connectivity index (χ3v) is 1.46. The Labute approximate surface area is 68.9 Å². The van der Waals surface area contributed by atoms with E-state index in [1.54, 1.807) is 6.07 Å². The Morgan fingerprint density at radius 3 is 2.83 bits per heavy atom. The molecule has 3 nitrogen and oxygen atoms in total. The van der Waals surface area contributed by atoms with E-state index in [4.69, 9.17) is 16.1 Å². The molecule has 1 unspecified atom stereocenters. The molecule has 0 aromatic heterocycles. The summed E-state index contributed by atoms with van der Waals surface area (Å²) in [6.45, 7) is 0. The van der Waals surface area contributed by atoms with Crippen molar-refractivity contribution >= 4 is 0 Å². The van der Waals surface area contributed by atoms with Crippen molar-refractivity contribution in [1.29, 1.82) is 5.26 Å². The minimum absolute atomic E-state index is 0.109. The molecule has 0 amide bonds. The Bertz CT molecular complexity index is 332. The van der Waals surface area contributed by atoms with Gasteiger partial charge in [0.2, 0.25) is 0 Å². The van der Waals surface area contributed by atoms with Gasteiger partial charge in [0.05, 0.1) is 6.07 Å². The van der Waals surface area contributed by atoms with E-state index < -0.39 is 11.9 Å². The van der Waals surface area contributed by atoms with Crippen LogP contribution in [-0.4, -0.2) is 5.11 Å². The van der Waals surface area contributed by atoms with Crippen LogP contribution in [0.15, 0.2) is 18.2 Å². The van der Waals surface area contributed by atoms with Crippen LogP contribution >= 0.6 is 0 Å². The van der Waals surface area contributed by atoms with Gasteiger partial charge in [0, 0.05) is 5.56 Å². The molecule has 4 heteroatoms. The van der Waals surface area contributed by atoms with Crippen molar-refractivity contribution in [3.8, 4) is 11.8 Å². The van der Waals surface area contributed by atoms with E-state index in [0.29, 0.717) is 0 Å². The molecule has 0 radical (unpaired) electrons. The summed E-state index contributed by atoms with van der Waals surface area (Å²) in [7, 11) is 0. The van der Waals surface area contributed by atoms with Gasteiger partial charge >= 0.3 is 0 Å². The fourth-order valence-electron chi connectivity index (χ4n) is 0.844. The Kier molecular flexibility index (Phi) is 2.26. The first-order chi connectivity index (χ1) is 5.65. The molecule has 3 N–H and O–H groups in total. The van der Waals surface area contributed by atoms with Crippen LogP contribution in [0, 0.1) is 17.1 Å². The molecule has 1 atom stereocenters. The summed E-state index contributed by atoms with van der Waals surface area (Å²) in [5.74, 6) is -0.682. The van der Waals surface area contributed by atoms with E-state index in [1.165, 1.54) is 6.07 Å². The number of hydrogen-bond donors (Lipinski definition) is 2. The molecule has 1 rings (SSSR count). The number of nitriles is 1. The number of aromatic hydroxyl groups is 1. The third kappa shape index (κ3) is 1.52. The van der Waals surface area contributed by atoms with Crippen LogP contribution in [0.4, 0.5) is 4.39 Å². The summed E-state index contributed by atoms with van der Waals surface area (Å²) in [4.78, 5) is 0. The average Bonchev–Trinajstić information content (AvgIpc) is 2.08. The molecule has 0 aliphatic carbocycles. The van der Waals surface area contributed by atoms with Crippen molar-refractivity contribution in [2.45, 2.75) is 6.04 Å². The summed E-state index contributed by atoms with van der Waals surface area (Å²) >= 11 is 0. The number of rotatable bonds is 1. The topological polar surface area (TPSA) is 70.0 Å². The highest BCUT2D eigenvalue weighted by molar-refractivity contribution is 5.37. The van der Waals surface area contributed by atoms with E-state index >= 15 is 0 Å². The number of phenolic OH excluding ortho intramolecular Hbond substituents is 1. The second-order valence-electron chi connectivity index (χ2n) is 2.31. The molecule has 12 heavy (non-hydrogen) atoms. The minimum atomic E-state index is -0.985. The van der Waals surface area contributed by atoms with Gasteiger partial charge in [-0.1, -0.05) is 0 Å². The summed E-state index contributed by atoms with van der Waals surface area (Å²) in [6.07, 6.45) is 0. The van der Waals surface area contributed by atoms with E-state index in [-0.39, 0.29) is 11.3 Å². The molecule has 0 fully saturated rings. The van der Waals surface area contributed by atoms with Gasteiger partial charge in [0.25, 0.3) is 0 Å². The molecule has 1 aromatic rings. The van der Waals surface area contributed by atoms with Gasteiger partial charge in [0.1, 0.15) is 17.6 Å². The van der Waals surface area contributed by atoms with Crippen molar-refractivity contribution in [1.82, 2.24) is 0 Å². The van der Waals surface area contributed by atoms with Gasteiger partial charge in [-0.3, -0.25) is 0 Å². The van der Waals surface area contributed by atoms with E-state index in [2.05, 4.69) is 0 Å². The highest BCUT2D eigenvalue weighted by Crippen LogP contribution is 2.22. The maximum atomic E-state index is 12.6. The van der Waals surface area contributed by atoms with Gasteiger partial charge in [-0.05, 0) is 18.2 Å². The standard InChI is InChI=1S/C8H7FN2O/c9-5-1-2-8(12)6(3-5)7(11)4-10/h1-3,7,12H,11H2. The lowest BCUT2D eigenvalue weighted by molar-refractivity contribution is 0.463. The fourth-order valence-corrected chi connectivity index (χ4v) is 0.844. The van der Waals surface area contributed by atoms with Crippen LogP contribution in [0.25, 0.3) is 0 Å². The lowest BCUT2D eigenvalue weighted by Gasteiger charge is -2.04. The quantitative estimate of drug-likeness (QED) is 0.655. The second-order valence-corrected chi connectivity index (χ2v) is 2.31. The first kappa shape index (κ1) is 8.50. The molecule has 62 valence electrons. The van der Waals surface area contributed by atoms with Crippen LogP contribution in [0.3, 0.4) is 0 Å². The molecule has 0 heterocycles. The summed E-state index contributed by atoms with van der Waals surface area (Å²) in [6, 6.07) is 4.03. The van der Waals surface area contributed by atoms with E-state index in [9.17, 15) is 4.39 Å². The Balaban J connectivity index is 3.15. The predicted octanol–water partition coefficient (Wildman–Crippen LogP) is 1.05. The molecule has 0 bridgehead atoms. The molecular formula is C8H7FN2O. The van der Waals surface area contributed by atoms with Crippen molar-refractivity contribution in [3.63, 3.8) is 0 Å². The normalized spacial score (nSPS) is 12.1. The van der Waals surface area contributed by atoms with Gasteiger partial charge < -0.3 is 10.8 Å². The number of benzene rings is 1. The van der Waals surface area contributed by atoms with Gasteiger partial charge in [-0.25, -0.2) is 4.39 Å². The molecule has 0 saturated carbocycles. The molecule has 0 spiro atoms. The van der Waals surface area contributed by atoms with Crippen LogP contribution in [0.1, 0.15) is 11.6 Å². The lowest BCUT2D eigenvalue weighted by Crippen LogP contribution is -2.07. The number of phenols is 1. The number of hydrogen-bond acceptors (Lipinski definition) is 3. The molecule has 1 aromatic carbocycles. The maximum Gasteiger partial charge on any atom is 0.123 e. The zero-order chi connectivity index (χ0) is 9.14. The van der Waals surface area contributed by atoms with Crippen LogP contribution in [0.5, 0.6) is 5.75 Å².